The average molecular weight is 473 g/mol. The Kier molecular flexibility index (Phi) is 5.53. The fourth-order valence-electron chi connectivity index (χ4n) is 2.69. The van der Waals surface area contributed by atoms with Gasteiger partial charge in [0.2, 0.25) is 0 Å². The highest BCUT2D eigenvalue weighted by molar-refractivity contribution is 6.05. The second kappa shape index (κ2) is 6.95. The van der Waals surface area contributed by atoms with E-state index in [0.29, 0.717) is 6.07 Å². The lowest BCUT2D eigenvalue weighted by Gasteiger charge is -2.51. The fraction of sp³-hybridized carbons (Fsp3) is 0.500. The van der Waals surface area contributed by atoms with Gasteiger partial charge in [-0.25, -0.2) is 9.18 Å². The molecule has 0 saturated heterocycles. The highest BCUT2D eigenvalue weighted by Crippen LogP contribution is 2.69. The van der Waals surface area contributed by atoms with Crippen molar-refractivity contribution in [3.63, 3.8) is 0 Å². The van der Waals surface area contributed by atoms with Crippen molar-refractivity contribution >= 4 is 17.6 Å². The molecule has 0 unspecified atom stereocenters. The number of hydrogen-bond acceptors (Lipinski definition) is 3. The summed E-state index contributed by atoms with van der Waals surface area (Å²) in [5.41, 5.74) is -8.75. The summed E-state index contributed by atoms with van der Waals surface area (Å²) in [6.07, 6.45) is 0. The molecule has 1 aromatic carbocycles. The molecule has 2 rings (SSSR count). The highest BCUT2D eigenvalue weighted by atomic mass is 19.4. The summed E-state index contributed by atoms with van der Waals surface area (Å²) in [6.45, 7) is 0.973. The van der Waals surface area contributed by atoms with Crippen LogP contribution in [0.1, 0.15) is 17.3 Å². The van der Waals surface area contributed by atoms with E-state index in [1.807, 2.05) is 0 Å². The first kappa shape index (κ1) is 24.7. The average Bonchev–Trinajstić information content (AvgIpc) is 2.66. The Morgan fingerprint density at radius 1 is 0.774 bits per heavy atom. The van der Waals surface area contributed by atoms with E-state index in [1.54, 1.807) is 0 Å². The maximum absolute atomic E-state index is 14.7. The van der Waals surface area contributed by atoms with Crippen molar-refractivity contribution in [2.45, 2.75) is 42.2 Å². The van der Waals surface area contributed by atoms with Crippen molar-refractivity contribution in [3.05, 3.63) is 29.8 Å². The van der Waals surface area contributed by atoms with E-state index in [2.05, 4.69) is 4.74 Å². The highest BCUT2D eigenvalue weighted by Gasteiger charge is 3.02. The minimum absolute atomic E-state index is 0.308. The van der Waals surface area contributed by atoms with E-state index >= 15 is 0 Å². The van der Waals surface area contributed by atoms with Crippen LogP contribution in [-0.4, -0.2) is 53.8 Å². The fourth-order valence-corrected chi connectivity index (χ4v) is 2.69. The van der Waals surface area contributed by atoms with Gasteiger partial charge in [0.25, 0.3) is 5.91 Å². The molecule has 1 amide bonds. The summed E-state index contributed by atoms with van der Waals surface area (Å²) in [5, 5.41) is 0.888. The molecule has 4 nitrogen and oxygen atoms in total. The zero-order valence-electron chi connectivity index (χ0n) is 14.9. The van der Waals surface area contributed by atoms with E-state index < -0.39 is 58.4 Å². The van der Waals surface area contributed by atoms with Gasteiger partial charge in [-0.2, -0.15) is 43.9 Å². The summed E-state index contributed by atoms with van der Waals surface area (Å²) >= 11 is 0. The van der Waals surface area contributed by atoms with E-state index in [-0.39, 0.29) is 6.61 Å². The molecule has 1 saturated carbocycles. The van der Waals surface area contributed by atoms with Crippen LogP contribution in [0.25, 0.3) is 0 Å². The van der Waals surface area contributed by atoms with Crippen molar-refractivity contribution in [1.82, 2.24) is 0 Å². The number of rotatable bonds is 4. The molecular formula is C16H10F11NO3. The van der Waals surface area contributed by atoms with Crippen LogP contribution in [-0.2, 0) is 9.53 Å². The van der Waals surface area contributed by atoms with Crippen LogP contribution < -0.4 is 5.32 Å². The van der Waals surface area contributed by atoms with E-state index in [4.69, 9.17) is 0 Å². The van der Waals surface area contributed by atoms with Gasteiger partial charge in [-0.3, -0.25) is 4.79 Å². The van der Waals surface area contributed by atoms with E-state index in [0.717, 1.165) is 23.5 Å². The van der Waals surface area contributed by atoms with E-state index in [9.17, 15) is 57.9 Å². The smallest absolute Gasteiger partial charge is 0.384 e. The molecule has 0 spiro atoms. The third-order valence-electron chi connectivity index (χ3n) is 4.43. The number of ether oxygens (including phenoxy) is 1. The number of esters is 1. The standard InChI is InChI=1S/C16H10F11NO3/c1-2-31-9(29)7-5-3-4-6-8(7)28-10(30)11(17)12(18,19)14(22,23)16(26,27)15(24,25)13(11,20)21/h3-6H,2H2,1H3,(H,28,30). The van der Waals surface area contributed by atoms with Crippen LogP contribution in [0.2, 0.25) is 0 Å². The molecule has 1 N–H and O–H groups in total. The van der Waals surface area contributed by atoms with Gasteiger partial charge in [-0.15, -0.1) is 0 Å². The van der Waals surface area contributed by atoms with Gasteiger partial charge in [0, 0.05) is 0 Å². The Morgan fingerprint density at radius 2 is 1.19 bits per heavy atom. The number of anilines is 1. The Balaban J connectivity index is 2.66. The molecule has 0 bridgehead atoms. The van der Waals surface area contributed by atoms with Crippen LogP contribution in [0.3, 0.4) is 0 Å². The largest absolute Gasteiger partial charge is 0.462 e. The number of amides is 1. The third kappa shape index (κ3) is 2.80. The Hall–Kier alpha value is -2.61. The van der Waals surface area contributed by atoms with Crippen LogP contribution in [0.5, 0.6) is 0 Å². The minimum Gasteiger partial charge on any atom is -0.462 e. The Labute approximate surface area is 165 Å². The Bertz CT molecular complexity index is 871. The second-order valence-electron chi connectivity index (χ2n) is 6.25. The first-order chi connectivity index (χ1) is 13.9. The van der Waals surface area contributed by atoms with Gasteiger partial charge in [-0.05, 0) is 19.1 Å². The van der Waals surface area contributed by atoms with Crippen molar-refractivity contribution < 1.29 is 62.6 Å². The SMILES string of the molecule is CCOC(=O)c1ccccc1NC(=O)C1(F)C(F)(F)C(F)(F)C(F)(F)C(F)(F)C1(F)F. The normalized spacial score (nSPS) is 24.1. The monoisotopic (exact) mass is 473 g/mol. The lowest BCUT2D eigenvalue weighted by Crippen LogP contribution is -2.86. The topological polar surface area (TPSA) is 55.4 Å². The molecule has 174 valence electrons. The van der Waals surface area contributed by atoms with Crippen molar-refractivity contribution in [2.75, 3.05) is 11.9 Å². The molecule has 1 aliphatic carbocycles. The predicted octanol–water partition coefficient (Wildman–Crippen LogP) is 4.70. The second-order valence-corrected chi connectivity index (χ2v) is 6.25. The van der Waals surface area contributed by atoms with Gasteiger partial charge >= 0.3 is 41.3 Å². The number of alkyl halides is 11. The number of carbonyl (C=O) groups excluding carboxylic acids is 2. The molecule has 0 aliphatic heterocycles. The summed E-state index contributed by atoms with van der Waals surface area (Å²) in [4.78, 5) is 23.7. The van der Waals surface area contributed by atoms with Crippen LogP contribution >= 0.6 is 0 Å². The van der Waals surface area contributed by atoms with Crippen molar-refractivity contribution in [2.24, 2.45) is 0 Å². The van der Waals surface area contributed by atoms with E-state index in [1.165, 1.54) is 6.92 Å². The number of benzene rings is 1. The van der Waals surface area contributed by atoms with Gasteiger partial charge in [0.05, 0.1) is 17.9 Å². The number of carbonyl (C=O) groups is 2. The number of hydrogen-bond donors (Lipinski definition) is 1. The Morgan fingerprint density at radius 3 is 1.65 bits per heavy atom. The van der Waals surface area contributed by atoms with Gasteiger partial charge in [0.15, 0.2) is 0 Å². The minimum atomic E-state index is -7.44. The first-order valence-corrected chi connectivity index (χ1v) is 8.01. The van der Waals surface area contributed by atoms with Crippen LogP contribution in [0.15, 0.2) is 24.3 Å². The maximum Gasteiger partial charge on any atom is 0.384 e. The molecule has 1 fully saturated rings. The van der Waals surface area contributed by atoms with Gasteiger partial charge < -0.3 is 10.1 Å². The van der Waals surface area contributed by atoms with Crippen LogP contribution in [0.4, 0.5) is 54.0 Å². The third-order valence-corrected chi connectivity index (χ3v) is 4.43. The van der Waals surface area contributed by atoms with Gasteiger partial charge in [-0.1, -0.05) is 12.1 Å². The molecule has 0 heterocycles. The quantitative estimate of drug-likeness (QED) is 0.510. The molecule has 0 radical (unpaired) electrons. The van der Waals surface area contributed by atoms with Crippen molar-refractivity contribution in [3.8, 4) is 0 Å². The molecule has 0 atom stereocenters. The number of nitrogens with one attached hydrogen (secondary N) is 1. The molecular weight excluding hydrogens is 463 g/mol. The molecule has 31 heavy (non-hydrogen) atoms. The lowest BCUT2D eigenvalue weighted by atomic mass is 9.71. The summed E-state index contributed by atoms with van der Waals surface area (Å²) < 4.78 is 155. The summed E-state index contributed by atoms with van der Waals surface area (Å²) in [5.74, 6) is -41.8. The van der Waals surface area contributed by atoms with Gasteiger partial charge in [0.1, 0.15) is 0 Å². The zero-order valence-corrected chi connectivity index (χ0v) is 14.9. The first-order valence-electron chi connectivity index (χ1n) is 8.01. The van der Waals surface area contributed by atoms with Crippen LogP contribution in [0, 0.1) is 0 Å². The number of para-hydroxylation sites is 1. The summed E-state index contributed by atoms with van der Waals surface area (Å²) in [7, 11) is 0. The predicted molar refractivity (Wildman–Crippen MR) is 79.6 cm³/mol. The summed E-state index contributed by atoms with van der Waals surface area (Å²) in [6, 6.07) is 3.35. The molecule has 1 aliphatic rings. The molecule has 1 aromatic rings. The molecule has 15 heteroatoms. The number of halogens is 11. The molecule has 0 aromatic heterocycles. The zero-order chi connectivity index (χ0) is 24.3. The maximum atomic E-state index is 14.7. The van der Waals surface area contributed by atoms with Crippen molar-refractivity contribution in [1.29, 1.82) is 0 Å². The lowest BCUT2D eigenvalue weighted by molar-refractivity contribution is -0.475.